The van der Waals surface area contributed by atoms with E-state index in [-0.39, 0.29) is 0 Å². The van der Waals surface area contributed by atoms with Gasteiger partial charge in [-0.15, -0.1) is 0 Å². The molecule has 1 saturated carbocycles. The summed E-state index contributed by atoms with van der Waals surface area (Å²) < 4.78 is 7.23. The largest absolute Gasteiger partial charge is 0.379 e. The lowest BCUT2D eigenvalue weighted by Gasteiger charge is -2.23. The third kappa shape index (κ3) is 5.32. The summed E-state index contributed by atoms with van der Waals surface area (Å²) >= 11 is 0. The zero-order valence-electron chi connectivity index (χ0n) is 13.5. The molecule has 5 nitrogen and oxygen atoms in total. The third-order valence-electron chi connectivity index (χ3n) is 4.05. The van der Waals surface area contributed by atoms with E-state index < -0.39 is 0 Å². The summed E-state index contributed by atoms with van der Waals surface area (Å²) in [5.41, 5.74) is 1.29. The number of ether oxygens (including phenoxy) is 1. The van der Waals surface area contributed by atoms with Crippen LogP contribution in [-0.2, 0) is 4.74 Å². The van der Waals surface area contributed by atoms with Crippen LogP contribution in [0.4, 0.5) is 5.82 Å². The predicted molar refractivity (Wildman–Crippen MR) is 86.9 cm³/mol. The van der Waals surface area contributed by atoms with Crippen LogP contribution in [0.1, 0.15) is 50.8 Å². The molecule has 2 fully saturated rings. The first-order valence-corrected chi connectivity index (χ1v) is 8.39. The monoisotopic (exact) mass is 294 g/mol. The van der Waals surface area contributed by atoms with E-state index in [1.165, 1.54) is 37.8 Å². The van der Waals surface area contributed by atoms with Crippen molar-refractivity contribution in [1.29, 1.82) is 0 Å². The number of morpholine rings is 1. The summed E-state index contributed by atoms with van der Waals surface area (Å²) in [4.78, 5) is 0. The van der Waals surface area contributed by atoms with Crippen molar-refractivity contribution in [3.05, 3.63) is 11.8 Å². The Morgan fingerprint density at radius 1 is 1.29 bits per heavy atom. The average Bonchev–Trinajstić information content (AvgIpc) is 2.92. The number of anilines is 1. The van der Waals surface area contributed by atoms with E-state index in [0.717, 1.165) is 38.7 Å². The molecule has 0 amide bonds. The summed E-state index contributed by atoms with van der Waals surface area (Å²) in [5, 5.41) is 11.1. The quantitative estimate of drug-likeness (QED) is 0.900. The van der Waals surface area contributed by atoms with Gasteiger partial charge in [-0.2, -0.15) is 5.10 Å². The lowest BCUT2D eigenvalue weighted by Crippen LogP contribution is -2.30. The molecule has 1 aliphatic heterocycles. The lowest BCUT2D eigenvalue weighted by molar-refractivity contribution is 0.109. The van der Waals surface area contributed by atoms with Crippen LogP contribution in [0.15, 0.2) is 6.07 Å². The Kier molecular flexibility index (Phi) is 7.03. The molecule has 1 aromatic rings. The number of rotatable bonds is 3. The summed E-state index contributed by atoms with van der Waals surface area (Å²) in [6.07, 6.45) is 6.72. The highest BCUT2D eigenvalue weighted by molar-refractivity contribution is 5.35. The first kappa shape index (κ1) is 16.3. The van der Waals surface area contributed by atoms with Crippen LogP contribution in [0.25, 0.3) is 0 Å². The minimum Gasteiger partial charge on any atom is -0.379 e. The molecule has 0 radical (unpaired) electrons. The van der Waals surface area contributed by atoms with Crippen LogP contribution < -0.4 is 10.6 Å². The first-order valence-electron chi connectivity index (χ1n) is 8.39. The topological polar surface area (TPSA) is 51.1 Å². The molecule has 0 bridgehead atoms. The maximum absolute atomic E-state index is 5.01. The van der Waals surface area contributed by atoms with E-state index >= 15 is 0 Å². The predicted octanol–water partition coefficient (Wildman–Crippen LogP) is 2.73. The molecule has 1 aliphatic carbocycles. The van der Waals surface area contributed by atoms with Gasteiger partial charge in [-0.1, -0.05) is 19.3 Å². The molecule has 3 rings (SSSR count). The highest BCUT2D eigenvalue weighted by atomic mass is 16.5. The minimum atomic E-state index is 0.645. The molecule has 1 saturated heterocycles. The Labute approximate surface area is 128 Å². The van der Waals surface area contributed by atoms with E-state index in [2.05, 4.69) is 40.3 Å². The van der Waals surface area contributed by atoms with Crippen molar-refractivity contribution >= 4 is 5.82 Å². The van der Waals surface area contributed by atoms with Gasteiger partial charge in [0.05, 0.1) is 19.3 Å². The molecule has 0 unspecified atom stereocenters. The van der Waals surface area contributed by atoms with Crippen LogP contribution in [-0.4, -0.2) is 42.6 Å². The molecule has 0 aromatic carbocycles. The number of aromatic nitrogens is 2. The van der Waals surface area contributed by atoms with E-state index in [0.29, 0.717) is 6.04 Å². The fraction of sp³-hybridized carbons (Fsp3) is 0.812. The normalized spacial score (nSPS) is 19.7. The molecule has 21 heavy (non-hydrogen) atoms. The van der Waals surface area contributed by atoms with E-state index in [1.54, 1.807) is 0 Å². The average molecular weight is 294 g/mol. The van der Waals surface area contributed by atoms with Crippen molar-refractivity contribution in [2.75, 3.05) is 38.2 Å². The minimum absolute atomic E-state index is 0.645. The second kappa shape index (κ2) is 9.05. The fourth-order valence-electron chi connectivity index (χ4n) is 2.97. The molecule has 2 heterocycles. The van der Waals surface area contributed by atoms with E-state index in [4.69, 9.17) is 4.74 Å². The van der Waals surface area contributed by atoms with Gasteiger partial charge in [0.15, 0.2) is 0 Å². The van der Waals surface area contributed by atoms with Crippen LogP contribution in [0, 0.1) is 6.92 Å². The summed E-state index contributed by atoms with van der Waals surface area (Å²) in [6.45, 7) is 9.04. The summed E-state index contributed by atoms with van der Waals surface area (Å²) in [6, 6.07) is 2.80. The molecule has 1 aromatic heterocycles. The highest BCUT2D eigenvalue weighted by Gasteiger charge is 2.17. The van der Waals surface area contributed by atoms with Crippen LogP contribution in [0.3, 0.4) is 0 Å². The van der Waals surface area contributed by atoms with Gasteiger partial charge in [0.2, 0.25) is 0 Å². The number of nitrogens with one attached hydrogen (secondary N) is 2. The second-order valence-electron chi connectivity index (χ2n) is 5.80. The van der Waals surface area contributed by atoms with Crippen LogP contribution in [0.2, 0.25) is 0 Å². The SMILES string of the molecule is C1COCCN1.CCNc1cc(C)n(C2CCCCC2)n1. The second-order valence-corrected chi connectivity index (χ2v) is 5.80. The van der Waals surface area contributed by atoms with Crippen molar-refractivity contribution in [2.45, 2.75) is 52.0 Å². The molecular formula is C16H30N4O. The molecule has 2 aliphatic rings. The van der Waals surface area contributed by atoms with Gasteiger partial charge in [0.25, 0.3) is 0 Å². The number of aryl methyl sites for hydroxylation is 1. The molecule has 0 spiro atoms. The van der Waals surface area contributed by atoms with Gasteiger partial charge in [-0.05, 0) is 26.7 Å². The Morgan fingerprint density at radius 2 is 2.00 bits per heavy atom. The zero-order valence-corrected chi connectivity index (χ0v) is 13.5. The number of hydrogen-bond acceptors (Lipinski definition) is 4. The summed E-state index contributed by atoms with van der Waals surface area (Å²) in [7, 11) is 0. The highest BCUT2D eigenvalue weighted by Crippen LogP contribution is 2.29. The van der Waals surface area contributed by atoms with Gasteiger partial charge in [-0.25, -0.2) is 0 Å². The third-order valence-corrected chi connectivity index (χ3v) is 4.05. The molecule has 5 heteroatoms. The van der Waals surface area contributed by atoms with Gasteiger partial charge >= 0.3 is 0 Å². The lowest BCUT2D eigenvalue weighted by atomic mass is 9.95. The van der Waals surface area contributed by atoms with Crippen LogP contribution >= 0.6 is 0 Å². The van der Waals surface area contributed by atoms with Crippen molar-refractivity contribution in [3.63, 3.8) is 0 Å². The van der Waals surface area contributed by atoms with Gasteiger partial charge < -0.3 is 15.4 Å². The first-order chi connectivity index (χ1) is 10.3. The maximum atomic E-state index is 5.01. The molecule has 0 atom stereocenters. The van der Waals surface area contributed by atoms with Crippen molar-refractivity contribution in [2.24, 2.45) is 0 Å². The summed E-state index contributed by atoms with van der Waals surface area (Å²) in [5.74, 6) is 1.03. The van der Waals surface area contributed by atoms with Crippen LogP contribution in [0.5, 0.6) is 0 Å². The van der Waals surface area contributed by atoms with Crippen molar-refractivity contribution in [3.8, 4) is 0 Å². The van der Waals surface area contributed by atoms with Crippen molar-refractivity contribution < 1.29 is 4.74 Å². The maximum Gasteiger partial charge on any atom is 0.148 e. The molecule has 120 valence electrons. The van der Waals surface area contributed by atoms with E-state index in [1.807, 2.05) is 0 Å². The fourth-order valence-corrected chi connectivity index (χ4v) is 2.97. The van der Waals surface area contributed by atoms with E-state index in [9.17, 15) is 0 Å². The number of hydrogen-bond donors (Lipinski definition) is 2. The van der Waals surface area contributed by atoms with Gasteiger partial charge in [0, 0.05) is 31.4 Å². The smallest absolute Gasteiger partial charge is 0.148 e. The van der Waals surface area contributed by atoms with Crippen molar-refractivity contribution in [1.82, 2.24) is 15.1 Å². The Morgan fingerprint density at radius 3 is 2.52 bits per heavy atom. The zero-order chi connectivity index (χ0) is 14.9. The van der Waals surface area contributed by atoms with Gasteiger partial charge in [0.1, 0.15) is 5.82 Å². The van der Waals surface area contributed by atoms with Gasteiger partial charge in [-0.3, -0.25) is 4.68 Å². The molecular weight excluding hydrogens is 264 g/mol. The number of nitrogens with zero attached hydrogens (tertiary/aromatic N) is 2. The molecule has 2 N–H and O–H groups in total. The Bertz CT molecular complexity index is 383. The standard InChI is InChI=1S/C12H21N3.C4H9NO/c1-3-13-12-9-10(2)15(14-12)11-7-5-4-6-8-11;1-3-6-4-2-5-1/h9,11H,3-8H2,1-2H3,(H,13,14);5H,1-4H2. The Balaban J connectivity index is 0.000000225. The Hall–Kier alpha value is -1.07.